The quantitative estimate of drug-likeness (QED) is 0.904. The number of aromatic nitrogens is 1. The third kappa shape index (κ3) is 2.81. The summed E-state index contributed by atoms with van der Waals surface area (Å²) in [6, 6.07) is 1.49. The first-order chi connectivity index (χ1) is 9.04. The molecule has 1 fully saturated rings. The maximum Gasteiger partial charge on any atom is 0.240 e. The minimum absolute atomic E-state index is 0.00352. The number of carbonyl (C=O) groups is 1. The van der Waals surface area contributed by atoms with E-state index in [9.17, 15) is 4.79 Å². The van der Waals surface area contributed by atoms with E-state index in [1.807, 2.05) is 24.8 Å². The van der Waals surface area contributed by atoms with Crippen LogP contribution in [0.25, 0.3) is 0 Å². The molecule has 5 nitrogen and oxygen atoms in total. The molecule has 2 N–H and O–H groups in total. The normalized spacial score (nSPS) is 22.5. The van der Waals surface area contributed by atoms with Crippen molar-refractivity contribution in [1.82, 2.24) is 10.1 Å². The summed E-state index contributed by atoms with van der Waals surface area (Å²) in [6.07, 6.45) is 2.82. The molecule has 0 spiro atoms. The molecule has 0 aliphatic carbocycles. The highest BCUT2D eigenvalue weighted by Crippen LogP contribution is 2.33. The van der Waals surface area contributed by atoms with Crippen LogP contribution in [-0.4, -0.2) is 28.6 Å². The van der Waals surface area contributed by atoms with Gasteiger partial charge in [-0.1, -0.05) is 25.4 Å². The number of hydrogen-bond acceptors (Lipinski definition) is 4. The Hall–Kier alpha value is -1.36. The van der Waals surface area contributed by atoms with E-state index in [1.165, 1.54) is 0 Å². The molecule has 19 heavy (non-hydrogen) atoms. The summed E-state index contributed by atoms with van der Waals surface area (Å²) >= 11 is 0. The molecule has 1 saturated heterocycles. The van der Waals surface area contributed by atoms with E-state index in [4.69, 9.17) is 10.3 Å². The maximum atomic E-state index is 12.5. The molecule has 1 aromatic heterocycles. The van der Waals surface area contributed by atoms with Crippen molar-refractivity contribution >= 4 is 5.91 Å². The van der Waals surface area contributed by atoms with Gasteiger partial charge < -0.3 is 15.2 Å². The molecule has 2 heterocycles. The second-order valence-corrected chi connectivity index (χ2v) is 5.47. The first-order valence-electron chi connectivity index (χ1n) is 7.03. The molecule has 2 rings (SSSR count). The fourth-order valence-corrected chi connectivity index (χ4v) is 2.56. The van der Waals surface area contributed by atoms with E-state index < -0.39 is 6.04 Å². The molecule has 0 aromatic carbocycles. The van der Waals surface area contributed by atoms with Gasteiger partial charge >= 0.3 is 0 Å². The minimum Gasteiger partial charge on any atom is -0.359 e. The van der Waals surface area contributed by atoms with Crippen LogP contribution < -0.4 is 5.73 Å². The Morgan fingerprint density at radius 2 is 2.42 bits per heavy atom. The van der Waals surface area contributed by atoms with Crippen LogP contribution in [0.3, 0.4) is 0 Å². The second kappa shape index (κ2) is 5.74. The van der Waals surface area contributed by atoms with E-state index in [-0.39, 0.29) is 17.9 Å². The third-order valence-electron chi connectivity index (χ3n) is 4.05. The molecule has 0 bridgehead atoms. The van der Waals surface area contributed by atoms with Crippen LogP contribution in [0.1, 0.15) is 50.6 Å². The summed E-state index contributed by atoms with van der Waals surface area (Å²) in [6.45, 7) is 6.72. The van der Waals surface area contributed by atoms with Crippen molar-refractivity contribution < 1.29 is 9.32 Å². The molecule has 3 atom stereocenters. The van der Waals surface area contributed by atoms with Gasteiger partial charge in [0.2, 0.25) is 5.91 Å². The zero-order valence-corrected chi connectivity index (χ0v) is 11.9. The number of hydrogen-bond donors (Lipinski definition) is 1. The molecular weight excluding hydrogens is 242 g/mol. The Balaban J connectivity index is 2.12. The lowest BCUT2D eigenvalue weighted by molar-refractivity contribution is -0.135. The van der Waals surface area contributed by atoms with Gasteiger partial charge in [0, 0.05) is 12.6 Å². The Bertz CT molecular complexity index is 444. The fraction of sp³-hybridized carbons (Fsp3) is 0.714. The van der Waals surface area contributed by atoms with Crippen molar-refractivity contribution in [3.63, 3.8) is 0 Å². The summed E-state index contributed by atoms with van der Waals surface area (Å²) in [7, 11) is 0. The predicted molar refractivity (Wildman–Crippen MR) is 72.4 cm³/mol. The summed E-state index contributed by atoms with van der Waals surface area (Å²) in [5.41, 5.74) is 6.91. The Labute approximate surface area is 114 Å². The summed E-state index contributed by atoms with van der Waals surface area (Å²) < 4.78 is 5.31. The summed E-state index contributed by atoms with van der Waals surface area (Å²) in [4.78, 5) is 14.3. The van der Waals surface area contributed by atoms with Gasteiger partial charge in [-0.05, 0) is 25.7 Å². The lowest BCUT2D eigenvalue weighted by Crippen LogP contribution is -2.46. The van der Waals surface area contributed by atoms with Crippen molar-refractivity contribution in [2.45, 2.75) is 52.1 Å². The number of amides is 1. The van der Waals surface area contributed by atoms with Crippen molar-refractivity contribution in [3.8, 4) is 0 Å². The highest BCUT2D eigenvalue weighted by atomic mass is 16.5. The van der Waals surface area contributed by atoms with Gasteiger partial charge in [0.1, 0.15) is 0 Å². The van der Waals surface area contributed by atoms with Crippen LogP contribution in [0, 0.1) is 12.8 Å². The summed E-state index contributed by atoms with van der Waals surface area (Å²) in [5, 5.41) is 3.91. The topological polar surface area (TPSA) is 72.4 Å². The standard InChI is InChI=1S/C14H23N3O2/c1-4-9(2)13(15)14(18)17-7-5-6-11(17)12-8-10(3)16-19-12/h8-9,11,13H,4-7,15H2,1-3H3. The van der Waals surface area contributed by atoms with E-state index in [0.29, 0.717) is 0 Å². The lowest BCUT2D eigenvalue weighted by Gasteiger charge is -2.28. The van der Waals surface area contributed by atoms with E-state index >= 15 is 0 Å². The molecule has 1 aromatic rings. The van der Waals surface area contributed by atoms with Crippen LogP contribution in [0.2, 0.25) is 0 Å². The number of nitrogens with zero attached hydrogens (tertiary/aromatic N) is 2. The molecule has 3 unspecified atom stereocenters. The smallest absolute Gasteiger partial charge is 0.240 e. The molecule has 1 amide bonds. The number of aryl methyl sites for hydroxylation is 1. The Morgan fingerprint density at radius 1 is 1.68 bits per heavy atom. The van der Waals surface area contributed by atoms with Gasteiger partial charge in [-0.25, -0.2) is 0 Å². The maximum absolute atomic E-state index is 12.5. The Morgan fingerprint density at radius 3 is 3.00 bits per heavy atom. The highest BCUT2D eigenvalue weighted by molar-refractivity contribution is 5.82. The molecule has 1 aliphatic rings. The minimum atomic E-state index is -0.422. The van der Waals surface area contributed by atoms with Crippen LogP contribution in [0.4, 0.5) is 0 Å². The monoisotopic (exact) mass is 265 g/mol. The van der Waals surface area contributed by atoms with Crippen molar-refractivity contribution in [1.29, 1.82) is 0 Å². The number of nitrogens with two attached hydrogens (primary N) is 1. The average molecular weight is 265 g/mol. The first-order valence-corrected chi connectivity index (χ1v) is 7.03. The van der Waals surface area contributed by atoms with Crippen molar-refractivity contribution in [2.24, 2.45) is 11.7 Å². The van der Waals surface area contributed by atoms with E-state index in [1.54, 1.807) is 0 Å². The van der Waals surface area contributed by atoms with Crippen LogP contribution >= 0.6 is 0 Å². The van der Waals surface area contributed by atoms with Gasteiger partial charge in [-0.3, -0.25) is 4.79 Å². The molecule has 5 heteroatoms. The predicted octanol–water partition coefficient (Wildman–Crippen LogP) is 2.02. The summed E-state index contributed by atoms with van der Waals surface area (Å²) in [5.74, 6) is 1.01. The van der Waals surface area contributed by atoms with Crippen molar-refractivity contribution in [2.75, 3.05) is 6.54 Å². The number of rotatable bonds is 4. The first kappa shape index (κ1) is 14.1. The molecule has 1 aliphatic heterocycles. The highest BCUT2D eigenvalue weighted by Gasteiger charge is 2.35. The largest absolute Gasteiger partial charge is 0.359 e. The van der Waals surface area contributed by atoms with Gasteiger partial charge in [0.15, 0.2) is 5.76 Å². The van der Waals surface area contributed by atoms with Crippen LogP contribution in [0.15, 0.2) is 10.6 Å². The second-order valence-electron chi connectivity index (χ2n) is 5.47. The van der Waals surface area contributed by atoms with Crippen LogP contribution in [0.5, 0.6) is 0 Å². The molecule has 106 valence electrons. The number of likely N-dealkylation sites (tertiary alicyclic amines) is 1. The van der Waals surface area contributed by atoms with E-state index in [0.717, 1.165) is 37.3 Å². The molecule has 0 radical (unpaired) electrons. The zero-order chi connectivity index (χ0) is 14.0. The third-order valence-corrected chi connectivity index (χ3v) is 4.05. The van der Waals surface area contributed by atoms with E-state index in [2.05, 4.69) is 12.1 Å². The SMILES string of the molecule is CCC(C)C(N)C(=O)N1CCCC1c1cc(C)no1. The lowest BCUT2D eigenvalue weighted by atomic mass is 9.98. The van der Waals surface area contributed by atoms with Gasteiger partial charge in [0.25, 0.3) is 0 Å². The molecular formula is C14H23N3O2. The number of carbonyl (C=O) groups excluding carboxylic acids is 1. The van der Waals surface area contributed by atoms with Gasteiger partial charge in [0.05, 0.1) is 17.8 Å². The van der Waals surface area contributed by atoms with Gasteiger partial charge in [-0.2, -0.15) is 0 Å². The average Bonchev–Trinajstić information content (AvgIpc) is 3.04. The Kier molecular flexibility index (Phi) is 4.24. The molecule has 0 saturated carbocycles. The fourth-order valence-electron chi connectivity index (χ4n) is 2.56. The van der Waals surface area contributed by atoms with Crippen LogP contribution in [-0.2, 0) is 4.79 Å². The van der Waals surface area contributed by atoms with Crippen molar-refractivity contribution in [3.05, 3.63) is 17.5 Å². The zero-order valence-electron chi connectivity index (χ0n) is 11.9. The van der Waals surface area contributed by atoms with Gasteiger partial charge in [-0.15, -0.1) is 0 Å².